The van der Waals surface area contributed by atoms with Crippen molar-refractivity contribution in [2.75, 3.05) is 19.0 Å². The number of benzene rings is 2. The third kappa shape index (κ3) is 5.01. The predicted molar refractivity (Wildman–Crippen MR) is 108 cm³/mol. The number of hydrogen-bond donors (Lipinski definition) is 1. The van der Waals surface area contributed by atoms with Crippen molar-refractivity contribution < 1.29 is 23.5 Å². The van der Waals surface area contributed by atoms with Crippen LogP contribution in [0.2, 0.25) is 0 Å². The number of fused-ring (bicyclic) bond motifs is 1. The van der Waals surface area contributed by atoms with Gasteiger partial charge in [0.1, 0.15) is 11.3 Å². The van der Waals surface area contributed by atoms with Crippen LogP contribution in [0, 0.1) is 0 Å². The number of aryl methyl sites for hydroxylation is 1. The highest BCUT2D eigenvalue weighted by Crippen LogP contribution is 2.23. The molecule has 0 bridgehead atoms. The Balaban J connectivity index is 1.64. The van der Waals surface area contributed by atoms with E-state index >= 15 is 0 Å². The van der Waals surface area contributed by atoms with Crippen molar-refractivity contribution in [1.82, 2.24) is 0 Å². The topological polar surface area (TPSA) is 94.8 Å². The van der Waals surface area contributed by atoms with E-state index < -0.39 is 11.6 Å². The molecule has 7 heteroatoms. The van der Waals surface area contributed by atoms with Crippen LogP contribution in [0.5, 0.6) is 5.75 Å². The maximum Gasteiger partial charge on any atom is 0.337 e. The molecule has 3 rings (SSSR count). The second kappa shape index (κ2) is 9.05. The summed E-state index contributed by atoms with van der Waals surface area (Å²) in [5.41, 5.74) is 1.86. The van der Waals surface area contributed by atoms with Gasteiger partial charge in [-0.1, -0.05) is 13.3 Å². The molecule has 0 spiro atoms. The molecule has 0 unspecified atom stereocenters. The van der Waals surface area contributed by atoms with Crippen molar-refractivity contribution in [2.24, 2.45) is 0 Å². The van der Waals surface area contributed by atoms with E-state index in [-0.39, 0.29) is 12.5 Å². The van der Waals surface area contributed by atoms with Gasteiger partial charge in [0.2, 0.25) is 0 Å². The number of amides is 1. The Hall–Kier alpha value is -3.61. The molecule has 3 aromatic rings. The van der Waals surface area contributed by atoms with Crippen molar-refractivity contribution in [3.8, 4) is 5.75 Å². The van der Waals surface area contributed by atoms with Crippen molar-refractivity contribution >= 4 is 28.5 Å². The van der Waals surface area contributed by atoms with Crippen LogP contribution >= 0.6 is 0 Å². The third-order valence-electron chi connectivity index (χ3n) is 4.28. The molecule has 1 amide bonds. The standard InChI is InChI=1S/C22H21NO6/c1-3-4-15-11-21(25)29-19-12-17(9-10-18(15)19)28-13-20(24)23-16-7-5-14(6-8-16)22(26)27-2/h5-12H,3-4,13H2,1-2H3,(H,23,24). The number of ether oxygens (including phenoxy) is 2. The van der Waals surface area contributed by atoms with E-state index in [1.165, 1.54) is 13.2 Å². The molecule has 1 heterocycles. The van der Waals surface area contributed by atoms with Crippen LogP contribution in [0.3, 0.4) is 0 Å². The first-order valence-corrected chi connectivity index (χ1v) is 9.18. The van der Waals surface area contributed by atoms with E-state index in [2.05, 4.69) is 10.1 Å². The summed E-state index contributed by atoms with van der Waals surface area (Å²) in [5, 5.41) is 3.53. The summed E-state index contributed by atoms with van der Waals surface area (Å²) in [7, 11) is 1.30. The van der Waals surface area contributed by atoms with Gasteiger partial charge in [0.15, 0.2) is 6.61 Å². The van der Waals surface area contributed by atoms with Gasteiger partial charge >= 0.3 is 11.6 Å². The molecule has 1 aromatic heterocycles. The van der Waals surface area contributed by atoms with Crippen molar-refractivity contribution in [3.05, 3.63) is 70.1 Å². The summed E-state index contributed by atoms with van der Waals surface area (Å²) in [6.45, 7) is 1.82. The lowest BCUT2D eigenvalue weighted by atomic mass is 10.1. The molecule has 2 aromatic carbocycles. The van der Waals surface area contributed by atoms with Gasteiger partial charge in [-0.25, -0.2) is 9.59 Å². The summed E-state index contributed by atoms with van der Waals surface area (Å²) in [5.74, 6) is -0.390. The van der Waals surface area contributed by atoms with Gasteiger partial charge in [0.25, 0.3) is 5.91 Å². The Morgan fingerprint density at radius 2 is 1.83 bits per heavy atom. The lowest BCUT2D eigenvalue weighted by Gasteiger charge is -2.09. The maximum atomic E-state index is 12.1. The molecule has 0 aliphatic heterocycles. The largest absolute Gasteiger partial charge is 0.484 e. The predicted octanol–water partition coefficient (Wildman–Crippen LogP) is 3.55. The number of rotatable bonds is 7. The Morgan fingerprint density at radius 1 is 1.07 bits per heavy atom. The quantitative estimate of drug-likeness (QED) is 0.486. The average molecular weight is 395 g/mol. The number of hydrogen-bond acceptors (Lipinski definition) is 6. The minimum Gasteiger partial charge on any atom is -0.484 e. The highest BCUT2D eigenvalue weighted by atomic mass is 16.5. The van der Waals surface area contributed by atoms with E-state index in [4.69, 9.17) is 9.15 Å². The molecule has 150 valence electrons. The van der Waals surface area contributed by atoms with Crippen LogP contribution in [0.4, 0.5) is 5.69 Å². The first-order valence-electron chi connectivity index (χ1n) is 9.18. The molecule has 1 N–H and O–H groups in total. The van der Waals surface area contributed by atoms with E-state index in [1.54, 1.807) is 36.4 Å². The first-order chi connectivity index (χ1) is 14.0. The van der Waals surface area contributed by atoms with Crippen LogP contribution in [0.15, 0.2) is 57.7 Å². The van der Waals surface area contributed by atoms with Gasteiger partial charge in [0, 0.05) is 23.2 Å². The minimum absolute atomic E-state index is 0.219. The minimum atomic E-state index is -0.448. The van der Waals surface area contributed by atoms with Crippen molar-refractivity contribution in [3.63, 3.8) is 0 Å². The lowest BCUT2D eigenvalue weighted by Crippen LogP contribution is -2.20. The maximum absolute atomic E-state index is 12.1. The molecular weight excluding hydrogens is 374 g/mol. The van der Waals surface area contributed by atoms with Crippen LogP contribution in [0.25, 0.3) is 11.0 Å². The second-order valence-electron chi connectivity index (χ2n) is 6.40. The average Bonchev–Trinajstić information content (AvgIpc) is 2.72. The molecule has 7 nitrogen and oxygen atoms in total. The molecular formula is C22H21NO6. The summed E-state index contributed by atoms with van der Waals surface area (Å²) in [6, 6.07) is 13.0. The third-order valence-corrected chi connectivity index (χ3v) is 4.28. The Morgan fingerprint density at radius 3 is 2.52 bits per heavy atom. The molecule has 0 fully saturated rings. The highest BCUT2D eigenvalue weighted by Gasteiger charge is 2.09. The van der Waals surface area contributed by atoms with Gasteiger partial charge in [0.05, 0.1) is 12.7 Å². The molecule has 0 aliphatic carbocycles. The molecule has 0 radical (unpaired) electrons. The Labute approximate surface area is 167 Å². The monoisotopic (exact) mass is 395 g/mol. The fourth-order valence-electron chi connectivity index (χ4n) is 2.93. The summed E-state index contributed by atoms with van der Waals surface area (Å²) < 4.78 is 15.4. The number of carbonyl (C=O) groups excluding carboxylic acids is 2. The van der Waals surface area contributed by atoms with Gasteiger partial charge in [-0.2, -0.15) is 0 Å². The van der Waals surface area contributed by atoms with Crippen LogP contribution in [0.1, 0.15) is 29.3 Å². The number of nitrogens with one attached hydrogen (secondary N) is 1. The van der Waals surface area contributed by atoms with Crippen LogP contribution < -0.4 is 15.7 Å². The SMILES string of the molecule is CCCc1cc(=O)oc2cc(OCC(=O)Nc3ccc(C(=O)OC)cc3)ccc12. The zero-order chi connectivity index (χ0) is 20.8. The molecule has 0 saturated carbocycles. The zero-order valence-electron chi connectivity index (χ0n) is 16.2. The zero-order valence-corrected chi connectivity index (χ0v) is 16.2. The van der Waals surface area contributed by atoms with Crippen molar-refractivity contribution in [2.45, 2.75) is 19.8 Å². The highest BCUT2D eigenvalue weighted by molar-refractivity contribution is 5.93. The van der Waals surface area contributed by atoms with Crippen molar-refractivity contribution in [1.29, 1.82) is 0 Å². The summed E-state index contributed by atoms with van der Waals surface area (Å²) in [6.07, 6.45) is 1.69. The van der Waals surface area contributed by atoms with Gasteiger partial charge in [-0.3, -0.25) is 4.79 Å². The summed E-state index contributed by atoms with van der Waals surface area (Å²) in [4.78, 5) is 35.3. The first kappa shape index (κ1) is 20.1. The van der Waals surface area contributed by atoms with E-state index in [1.807, 2.05) is 13.0 Å². The Bertz CT molecular complexity index is 1080. The number of anilines is 1. The fraction of sp³-hybridized carbons (Fsp3) is 0.227. The lowest BCUT2D eigenvalue weighted by molar-refractivity contribution is -0.118. The van der Waals surface area contributed by atoms with Gasteiger partial charge in [-0.15, -0.1) is 0 Å². The van der Waals surface area contributed by atoms with Gasteiger partial charge < -0.3 is 19.2 Å². The van der Waals surface area contributed by atoms with Crippen LogP contribution in [-0.2, 0) is 16.0 Å². The second-order valence-corrected chi connectivity index (χ2v) is 6.40. The molecule has 0 saturated heterocycles. The number of methoxy groups -OCH3 is 1. The van der Waals surface area contributed by atoms with E-state index in [9.17, 15) is 14.4 Å². The number of carbonyl (C=O) groups is 2. The smallest absolute Gasteiger partial charge is 0.337 e. The fourth-order valence-corrected chi connectivity index (χ4v) is 2.93. The molecule has 0 aliphatic rings. The molecule has 29 heavy (non-hydrogen) atoms. The Kier molecular flexibility index (Phi) is 6.29. The normalized spacial score (nSPS) is 10.6. The number of esters is 1. The summed E-state index contributed by atoms with van der Waals surface area (Å²) >= 11 is 0. The van der Waals surface area contributed by atoms with E-state index in [0.29, 0.717) is 22.6 Å². The molecule has 0 atom stereocenters. The van der Waals surface area contributed by atoms with E-state index in [0.717, 1.165) is 23.8 Å². The van der Waals surface area contributed by atoms with Gasteiger partial charge in [-0.05, 0) is 48.4 Å². The van der Waals surface area contributed by atoms with Crippen LogP contribution in [-0.4, -0.2) is 25.6 Å².